The minimum absolute atomic E-state index is 0.0204. The molecule has 0 radical (unpaired) electrons. The molecule has 0 aliphatic rings. The van der Waals surface area contributed by atoms with Crippen molar-refractivity contribution in [2.75, 3.05) is 41.0 Å². The zero-order valence-corrected chi connectivity index (χ0v) is 32.3. The summed E-state index contributed by atoms with van der Waals surface area (Å²) in [4.78, 5) is 36.5. The van der Waals surface area contributed by atoms with Crippen LogP contribution in [0.4, 0.5) is 0 Å². The van der Waals surface area contributed by atoms with Crippen molar-refractivity contribution in [2.45, 2.75) is 148 Å². The first-order chi connectivity index (χ1) is 24.1. The Kier molecular flexibility index (Phi) is 31.2. The van der Waals surface area contributed by atoms with E-state index in [0.717, 1.165) is 70.6 Å². The predicted octanol–water partition coefficient (Wildman–Crippen LogP) is 8.52. The van der Waals surface area contributed by atoms with E-state index < -0.39 is 18.1 Å². The monoisotopic (exact) mass is 702 g/mol. The highest BCUT2D eigenvalue weighted by Crippen LogP contribution is 2.12. The lowest BCUT2D eigenvalue weighted by molar-refractivity contribution is -0.889. The zero-order valence-electron chi connectivity index (χ0n) is 32.3. The maximum Gasteiger partial charge on any atom is 0.306 e. The molecule has 0 aromatic rings. The van der Waals surface area contributed by atoms with Gasteiger partial charge in [0.2, 0.25) is 0 Å². The minimum atomic E-state index is -1.14. The van der Waals surface area contributed by atoms with E-state index in [0.29, 0.717) is 12.8 Å². The molecule has 0 fully saturated rings. The van der Waals surface area contributed by atoms with E-state index in [1.54, 1.807) is 21.1 Å². The molecule has 2 unspecified atom stereocenters. The molecule has 8 heteroatoms. The van der Waals surface area contributed by atoms with Gasteiger partial charge in [0.15, 0.2) is 6.10 Å². The van der Waals surface area contributed by atoms with Gasteiger partial charge in [-0.05, 0) is 64.2 Å². The normalized spacial score (nSPS) is 13.7. The molecule has 8 nitrogen and oxygen atoms in total. The highest BCUT2D eigenvalue weighted by Gasteiger charge is 2.25. The number of allylic oxidation sites excluding steroid dienone is 10. The van der Waals surface area contributed by atoms with Crippen molar-refractivity contribution >= 4 is 17.9 Å². The molecule has 0 saturated carbocycles. The number of quaternary nitrogens is 1. The van der Waals surface area contributed by atoms with Crippen LogP contribution in [0.15, 0.2) is 60.8 Å². The van der Waals surface area contributed by atoms with Crippen LogP contribution < -0.4 is 5.11 Å². The van der Waals surface area contributed by atoms with E-state index in [9.17, 15) is 19.5 Å². The van der Waals surface area contributed by atoms with Gasteiger partial charge in [-0.1, -0.05) is 113 Å². The number of rotatable bonds is 33. The summed E-state index contributed by atoms with van der Waals surface area (Å²) >= 11 is 0. The number of hydrogen-bond donors (Lipinski definition) is 0. The Balaban J connectivity index is 4.38. The second-order valence-electron chi connectivity index (χ2n) is 13.8. The van der Waals surface area contributed by atoms with Crippen molar-refractivity contribution in [3.05, 3.63) is 60.8 Å². The van der Waals surface area contributed by atoms with Gasteiger partial charge in [0.1, 0.15) is 12.6 Å². The number of unbranched alkanes of at least 4 members (excludes halogenated alkanes) is 9. The van der Waals surface area contributed by atoms with Crippen LogP contribution in [0.5, 0.6) is 0 Å². The molecule has 0 amide bonds. The molecule has 0 rings (SSSR count). The molecule has 50 heavy (non-hydrogen) atoms. The van der Waals surface area contributed by atoms with Crippen LogP contribution in [-0.2, 0) is 28.6 Å². The molecule has 0 aromatic carbocycles. The lowest BCUT2D eigenvalue weighted by Crippen LogP contribution is -2.55. The van der Waals surface area contributed by atoms with E-state index in [1.807, 2.05) is 6.08 Å². The second kappa shape index (κ2) is 33.2. The number of carbonyl (C=O) groups is 3. The number of carbonyl (C=O) groups excluding carboxylic acids is 3. The molecule has 0 aliphatic heterocycles. The van der Waals surface area contributed by atoms with Crippen LogP contribution in [0.2, 0.25) is 0 Å². The lowest BCUT2D eigenvalue weighted by atomic mass is 10.1. The second-order valence-corrected chi connectivity index (χ2v) is 13.8. The molecule has 0 aromatic heterocycles. The van der Waals surface area contributed by atoms with E-state index in [1.165, 1.54) is 25.7 Å². The molecule has 286 valence electrons. The third kappa shape index (κ3) is 31.0. The van der Waals surface area contributed by atoms with Gasteiger partial charge in [0.05, 0.1) is 40.3 Å². The Morgan fingerprint density at radius 2 is 1.16 bits per heavy atom. The third-order valence-electron chi connectivity index (χ3n) is 8.15. The fraction of sp³-hybridized carbons (Fsp3) is 0.690. The van der Waals surface area contributed by atoms with Crippen LogP contribution in [0.3, 0.4) is 0 Å². The Morgan fingerprint density at radius 1 is 0.620 bits per heavy atom. The maximum absolute atomic E-state index is 12.6. The van der Waals surface area contributed by atoms with Gasteiger partial charge in [-0.3, -0.25) is 9.59 Å². The van der Waals surface area contributed by atoms with E-state index in [2.05, 4.69) is 68.5 Å². The SMILES string of the molecule is CC/C=C/C/C=C/C/C=C/C/C=C/CCCCCCCCC(=O)OC(COCCC(C(=O)[O-])[N+](C)(C)C)COC(=O)CC/C=C/CCCCC. The van der Waals surface area contributed by atoms with Crippen LogP contribution in [-0.4, -0.2) is 75.5 Å². The number of hydrogen-bond acceptors (Lipinski definition) is 7. The Morgan fingerprint density at radius 3 is 1.76 bits per heavy atom. The summed E-state index contributed by atoms with van der Waals surface area (Å²) < 4.78 is 17.0. The number of carboxylic acid groups (broad SMARTS) is 1. The summed E-state index contributed by atoms with van der Waals surface area (Å²) in [6.45, 7) is 4.40. The van der Waals surface area contributed by atoms with Crippen molar-refractivity contribution in [3.8, 4) is 0 Å². The van der Waals surface area contributed by atoms with Crippen molar-refractivity contribution in [3.63, 3.8) is 0 Å². The summed E-state index contributed by atoms with van der Waals surface area (Å²) in [7, 11) is 5.37. The van der Waals surface area contributed by atoms with Crippen LogP contribution in [0.1, 0.15) is 136 Å². The fourth-order valence-electron chi connectivity index (χ4n) is 5.14. The zero-order chi connectivity index (χ0) is 37.1. The summed E-state index contributed by atoms with van der Waals surface area (Å²) in [6, 6.07) is -0.733. The molecular formula is C42H71NO7. The van der Waals surface area contributed by atoms with Gasteiger partial charge < -0.3 is 28.6 Å². The van der Waals surface area contributed by atoms with Crippen molar-refractivity contribution in [2.24, 2.45) is 0 Å². The summed E-state index contributed by atoms with van der Waals surface area (Å²) in [5.41, 5.74) is 0. The minimum Gasteiger partial charge on any atom is -0.544 e. The van der Waals surface area contributed by atoms with Crippen LogP contribution >= 0.6 is 0 Å². The number of likely N-dealkylation sites (N-methyl/N-ethyl adjacent to an activating group) is 1. The molecular weight excluding hydrogens is 630 g/mol. The van der Waals surface area contributed by atoms with Gasteiger partial charge in [0.25, 0.3) is 0 Å². The average molecular weight is 702 g/mol. The molecule has 0 N–H and O–H groups in total. The quantitative estimate of drug-likeness (QED) is 0.0293. The summed E-state index contributed by atoms with van der Waals surface area (Å²) in [5, 5.41) is 11.6. The van der Waals surface area contributed by atoms with Gasteiger partial charge in [-0.25, -0.2) is 0 Å². The van der Waals surface area contributed by atoms with E-state index in [4.69, 9.17) is 14.2 Å². The first kappa shape index (κ1) is 47.0. The topological polar surface area (TPSA) is 102 Å². The Labute approximate surface area is 305 Å². The van der Waals surface area contributed by atoms with Crippen LogP contribution in [0, 0.1) is 0 Å². The van der Waals surface area contributed by atoms with Crippen molar-refractivity contribution < 1.29 is 38.2 Å². The van der Waals surface area contributed by atoms with Gasteiger partial charge >= 0.3 is 11.9 Å². The maximum atomic E-state index is 12.6. The van der Waals surface area contributed by atoms with Crippen molar-refractivity contribution in [1.29, 1.82) is 0 Å². The standard InChI is InChI=1S/C42H71NO7/c1-6-8-10-12-14-15-16-17-18-19-20-21-22-23-24-25-27-29-31-33-41(45)50-38(36-48-35-34-39(42(46)47)43(3,4)5)37-49-40(44)32-30-28-26-13-11-9-7-2/h8,10,14-15,17-18,20-21,26,28,38-39H,6-7,9,11-13,16,19,22-25,27,29-37H2,1-5H3/b10-8+,15-14+,18-17+,21-20+,28-26+. The number of esters is 2. The first-order valence-electron chi connectivity index (χ1n) is 19.3. The lowest BCUT2D eigenvalue weighted by Gasteiger charge is -2.34. The molecule has 0 bridgehead atoms. The number of ether oxygens (including phenoxy) is 3. The van der Waals surface area contributed by atoms with Gasteiger partial charge in [-0.15, -0.1) is 0 Å². The number of carboxylic acids is 1. The molecule has 0 aliphatic carbocycles. The highest BCUT2D eigenvalue weighted by atomic mass is 16.6. The third-order valence-corrected chi connectivity index (χ3v) is 8.15. The molecule has 0 heterocycles. The summed E-state index contributed by atoms with van der Waals surface area (Å²) in [5.74, 6) is -1.83. The molecule has 0 saturated heterocycles. The summed E-state index contributed by atoms with van der Waals surface area (Å²) in [6.07, 6.45) is 38.5. The van der Waals surface area contributed by atoms with Gasteiger partial charge in [0, 0.05) is 19.3 Å². The number of aliphatic carboxylic acids is 1. The molecule has 0 spiro atoms. The van der Waals surface area contributed by atoms with Crippen LogP contribution in [0.25, 0.3) is 0 Å². The fourth-order valence-corrected chi connectivity index (χ4v) is 5.14. The smallest absolute Gasteiger partial charge is 0.306 e. The first-order valence-corrected chi connectivity index (χ1v) is 19.3. The predicted molar refractivity (Wildman–Crippen MR) is 203 cm³/mol. The average Bonchev–Trinajstić information content (AvgIpc) is 3.06. The largest absolute Gasteiger partial charge is 0.544 e. The molecule has 2 atom stereocenters. The Bertz CT molecular complexity index is 1010. The van der Waals surface area contributed by atoms with E-state index >= 15 is 0 Å². The number of nitrogens with zero attached hydrogens (tertiary/aromatic N) is 1. The van der Waals surface area contributed by atoms with Gasteiger partial charge in [-0.2, -0.15) is 0 Å². The van der Waals surface area contributed by atoms with Crippen molar-refractivity contribution in [1.82, 2.24) is 0 Å². The highest BCUT2D eigenvalue weighted by molar-refractivity contribution is 5.70. The Hall–Kier alpha value is -2.97. The van der Waals surface area contributed by atoms with E-state index in [-0.39, 0.29) is 49.1 Å².